The maximum absolute atomic E-state index is 11.2. The van der Waals surface area contributed by atoms with E-state index in [0.717, 1.165) is 28.5 Å². The maximum atomic E-state index is 11.2. The second-order valence-corrected chi connectivity index (χ2v) is 6.64. The van der Waals surface area contributed by atoms with Crippen LogP contribution in [0, 0.1) is 0 Å². The summed E-state index contributed by atoms with van der Waals surface area (Å²) in [7, 11) is 0. The van der Waals surface area contributed by atoms with Crippen LogP contribution in [0.4, 0.5) is 0 Å². The van der Waals surface area contributed by atoms with Gasteiger partial charge in [-0.2, -0.15) is 0 Å². The summed E-state index contributed by atoms with van der Waals surface area (Å²) in [5.41, 5.74) is 7.25. The zero-order valence-electron chi connectivity index (χ0n) is 13.8. The van der Waals surface area contributed by atoms with Crippen LogP contribution in [0.5, 0.6) is 11.5 Å². The van der Waals surface area contributed by atoms with E-state index < -0.39 is 5.91 Å². The van der Waals surface area contributed by atoms with Gasteiger partial charge in [-0.1, -0.05) is 48.2 Å². The van der Waals surface area contributed by atoms with Crippen molar-refractivity contribution >= 4 is 17.7 Å². The van der Waals surface area contributed by atoms with E-state index in [0.29, 0.717) is 11.7 Å². The van der Waals surface area contributed by atoms with E-state index in [1.54, 1.807) is 0 Å². The molecule has 0 radical (unpaired) electrons. The smallest absolute Gasteiger partial charge is 0.231 e. The van der Waals surface area contributed by atoms with E-state index in [4.69, 9.17) is 15.2 Å². The summed E-state index contributed by atoms with van der Waals surface area (Å²) in [6, 6.07) is 15.6. The molecule has 2 heterocycles. The Morgan fingerprint density at radius 3 is 2.73 bits per heavy atom. The van der Waals surface area contributed by atoms with E-state index in [1.165, 1.54) is 11.8 Å². The third-order valence-corrected chi connectivity index (χ3v) is 4.86. The lowest BCUT2D eigenvalue weighted by atomic mass is 10.2. The highest BCUT2D eigenvalue weighted by molar-refractivity contribution is 7.99. The lowest BCUT2D eigenvalue weighted by Crippen LogP contribution is -2.14. The van der Waals surface area contributed by atoms with Crippen molar-refractivity contribution in [3.05, 3.63) is 54.1 Å². The number of thioether (sulfide) groups is 1. The zero-order valence-corrected chi connectivity index (χ0v) is 14.6. The molecule has 2 aromatic carbocycles. The van der Waals surface area contributed by atoms with Gasteiger partial charge in [0.15, 0.2) is 22.5 Å². The van der Waals surface area contributed by atoms with E-state index >= 15 is 0 Å². The number of aromatic nitrogens is 3. The van der Waals surface area contributed by atoms with Crippen LogP contribution in [0.3, 0.4) is 0 Å². The van der Waals surface area contributed by atoms with E-state index in [1.807, 2.05) is 53.1 Å². The highest BCUT2D eigenvalue weighted by atomic mass is 32.2. The van der Waals surface area contributed by atoms with Crippen molar-refractivity contribution in [2.45, 2.75) is 11.7 Å². The number of nitrogens with two attached hydrogens (primary N) is 1. The van der Waals surface area contributed by atoms with Crippen molar-refractivity contribution < 1.29 is 14.3 Å². The molecule has 0 saturated heterocycles. The number of ether oxygens (including phenoxy) is 2. The lowest BCUT2D eigenvalue weighted by molar-refractivity contribution is -0.115. The van der Waals surface area contributed by atoms with Gasteiger partial charge in [0.25, 0.3) is 0 Å². The number of benzene rings is 2. The molecule has 3 aromatic rings. The third kappa shape index (κ3) is 3.36. The molecule has 132 valence electrons. The lowest BCUT2D eigenvalue weighted by Gasteiger charge is -2.10. The molecule has 0 saturated carbocycles. The zero-order chi connectivity index (χ0) is 17.9. The van der Waals surface area contributed by atoms with Crippen LogP contribution in [-0.4, -0.2) is 33.2 Å². The highest BCUT2D eigenvalue weighted by Gasteiger charge is 2.18. The minimum absolute atomic E-state index is 0.147. The molecule has 26 heavy (non-hydrogen) atoms. The summed E-state index contributed by atoms with van der Waals surface area (Å²) in [4.78, 5) is 11.2. The van der Waals surface area contributed by atoms with Crippen molar-refractivity contribution in [3.8, 4) is 22.9 Å². The molecule has 0 atom stereocenters. The average Bonchev–Trinajstić information content (AvgIpc) is 3.27. The fourth-order valence-corrected chi connectivity index (χ4v) is 3.37. The summed E-state index contributed by atoms with van der Waals surface area (Å²) in [5, 5.41) is 9.20. The van der Waals surface area contributed by atoms with Crippen molar-refractivity contribution in [2.75, 3.05) is 12.5 Å². The Bertz CT molecular complexity index is 943. The number of hydrogen-bond acceptors (Lipinski definition) is 6. The van der Waals surface area contributed by atoms with Crippen LogP contribution >= 0.6 is 11.8 Å². The number of carbonyl (C=O) groups excluding carboxylic acids is 1. The minimum atomic E-state index is -0.395. The van der Waals surface area contributed by atoms with Gasteiger partial charge in [0.1, 0.15) is 0 Å². The highest BCUT2D eigenvalue weighted by Crippen LogP contribution is 2.33. The molecule has 0 spiro atoms. The molecular weight excluding hydrogens is 352 g/mol. The van der Waals surface area contributed by atoms with E-state index in [9.17, 15) is 4.79 Å². The van der Waals surface area contributed by atoms with Crippen molar-refractivity contribution in [1.29, 1.82) is 0 Å². The molecule has 0 fully saturated rings. The van der Waals surface area contributed by atoms with Gasteiger partial charge in [0, 0.05) is 5.56 Å². The average molecular weight is 368 g/mol. The van der Waals surface area contributed by atoms with Gasteiger partial charge < -0.3 is 15.2 Å². The number of carbonyl (C=O) groups is 1. The first-order chi connectivity index (χ1) is 12.7. The van der Waals surface area contributed by atoms with E-state index in [2.05, 4.69) is 10.2 Å². The molecule has 1 aromatic heterocycles. The quantitative estimate of drug-likeness (QED) is 0.671. The normalized spacial score (nSPS) is 12.3. The molecule has 2 N–H and O–H groups in total. The number of hydrogen-bond donors (Lipinski definition) is 1. The van der Waals surface area contributed by atoms with Crippen LogP contribution in [-0.2, 0) is 11.3 Å². The molecule has 8 heteroatoms. The second-order valence-electron chi connectivity index (χ2n) is 5.70. The van der Waals surface area contributed by atoms with Gasteiger partial charge in [-0.05, 0) is 17.7 Å². The minimum Gasteiger partial charge on any atom is -0.454 e. The SMILES string of the molecule is NC(=O)CSc1nnc(-c2ccccc2)n1Cc1ccc2c(c1)OCO2. The van der Waals surface area contributed by atoms with Gasteiger partial charge in [-0.3, -0.25) is 9.36 Å². The van der Waals surface area contributed by atoms with Crippen LogP contribution in [0.15, 0.2) is 53.7 Å². The Kier molecular flexibility index (Phi) is 4.49. The second kappa shape index (κ2) is 7.09. The maximum Gasteiger partial charge on any atom is 0.231 e. The monoisotopic (exact) mass is 368 g/mol. The molecule has 0 unspecified atom stereocenters. The van der Waals surface area contributed by atoms with Crippen LogP contribution in [0.1, 0.15) is 5.56 Å². The van der Waals surface area contributed by atoms with Crippen LogP contribution in [0.25, 0.3) is 11.4 Å². The first-order valence-corrected chi connectivity index (χ1v) is 8.97. The largest absolute Gasteiger partial charge is 0.454 e. The molecule has 1 aliphatic rings. The van der Waals surface area contributed by atoms with Gasteiger partial charge in [-0.15, -0.1) is 10.2 Å². The van der Waals surface area contributed by atoms with Gasteiger partial charge in [0.05, 0.1) is 12.3 Å². The summed E-state index contributed by atoms with van der Waals surface area (Å²) < 4.78 is 12.8. The molecule has 0 bridgehead atoms. The number of nitrogens with zero attached hydrogens (tertiary/aromatic N) is 3. The van der Waals surface area contributed by atoms with Crippen molar-refractivity contribution in [2.24, 2.45) is 5.73 Å². The van der Waals surface area contributed by atoms with Crippen LogP contribution in [0.2, 0.25) is 0 Å². The first-order valence-electron chi connectivity index (χ1n) is 7.99. The summed E-state index contributed by atoms with van der Waals surface area (Å²) >= 11 is 1.27. The molecule has 1 amide bonds. The van der Waals surface area contributed by atoms with Gasteiger partial charge in [0.2, 0.25) is 12.7 Å². The molecule has 0 aliphatic carbocycles. The standard InChI is InChI=1S/C18H16N4O3S/c19-16(23)10-26-18-21-20-17(13-4-2-1-3-5-13)22(18)9-12-6-7-14-15(8-12)25-11-24-14/h1-8H,9-11H2,(H2,19,23). The number of fused-ring (bicyclic) bond motifs is 1. The molecular formula is C18H16N4O3S. The predicted octanol–water partition coefficient (Wildman–Crippen LogP) is 2.30. The Morgan fingerprint density at radius 1 is 1.12 bits per heavy atom. The fourth-order valence-electron chi connectivity index (χ4n) is 2.70. The fraction of sp³-hybridized carbons (Fsp3) is 0.167. The van der Waals surface area contributed by atoms with Gasteiger partial charge >= 0.3 is 0 Å². The first kappa shape index (κ1) is 16.5. The molecule has 7 nitrogen and oxygen atoms in total. The van der Waals surface area contributed by atoms with Crippen molar-refractivity contribution in [1.82, 2.24) is 14.8 Å². The molecule has 4 rings (SSSR count). The van der Waals surface area contributed by atoms with Crippen molar-refractivity contribution in [3.63, 3.8) is 0 Å². The summed E-state index contributed by atoms with van der Waals surface area (Å²) in [6.45, 7) is 0.773. The number of amides is 1. The Hall–Kier alpha value is -3.00. The number of primary amides is 1. The van der Waals surface area contributed by atoms with E-state index in [-0.39, 0.29) is 12.5 Å². The third-order valence-electron chi connectivity index (χ3n) is 3.87. The topological polar surface area (TPSA) is 92.3 Å². The summed E-state index contributed by atoms with van der Waals surface area (Å²) in [5.74, 6) is 1.95. The van der Waals surface area contributed by atoms with Crippen LogP contribution < -0.4 is 15.2 Å². The summed E-state index contributed by atoms with van der Waals surface area (Å²) in [6.07, 6.45) is 0. The Morgan fingerprint density at radius 2 is 1.92 bits per heavy atom. The predicted molar refractivity (Wildman–Crippen MR) is 97.0 cm³/mol. The number of rotatable bonds is 6. The Balaban J connectivity index is 1.69. The Labute approximate surface area is 154 Å². The van der Waals surface area contributed by atoms with Gasteiger partial charge in [-0.25, -0.2) is 0 Å². The molecule has 1 aliphatic heterocycles.